The van der Waals surface area contributed by atoms with E-state index in [1.165, 1.54) is 12.8 Å². The first-order valence-electron chi connectivity index (χ1n) is 8.80. The molecule has 0 saturated heterocycles. The number of aromatic nitrogens is 1. The number of unbranched alkanes of at least 4 members (excludes halogenated alkanes) is 1. The van der Waals surface area contributed by atoms with Gasteiger partial charge in [0.2, 0.25) is 0 Å². The van der Waals surface area contributed by atoms with Crippen molar-refractivity contribution < 1.29 is 4.74 Å². The zero-order valence-corrected chi connectivity index (χ0v) is 15.9. The first-order valence-corrected chi connectivity index (χ1v) is 8.80. The molecule has 4 heteroatoms. The molecule has 0 amide bonds. The highest BCUT2D eigenvalue weighted by Gasteiger charge is 2.30. The summed E-state index contributed by atoms with van der Waals surface area (Å²) in [6, 6.07) is 8.35. The van der Waals surface area contributed by atoms with Crippen LogP contribution in [-0.2, 0) is 0 Å². The minimum Gasteiger partial charge on any atom is -0.497 e. The minimum atomic E-state index is 0.0271. The molecule has 2 rings (SSSR count). The number of benzene rings is 1. The number of pyridine rings is 1. The third-order valence-corrected chi connectivity index (χ3v) is 5.18. The van der Waals surface area contributed by atoms with E-state index in [0.717, 1.165) is 28.9 Å². The standard InChI is InChI=1S/C20H31N3O/c1-7-8-12-23(5)20(3,4)15(2)22-18-14-17(24-6)13-16-10-9-11-21-19(16)18/h9-11,13-15,22H,7-8,12H2,1-6H3. The summed E-state index contributed by atoms with van der Waals surface area (Å²) in [4.78, 5) is 6.99. The van der Waals surface area contributed by atoms with Crippen LogP contribution in [-0.4, -0.2) is 42.2 Å². The van der Waals surface area contributed by atoms with Gasteiger partial charge >= 0.3 is 0 Å². The fourth-order valence-electron chi connectivity index (χ4n) is 2.82. The van der Waals surface area contributed by atoms with Crippen LogP contribution in [0.3, 0.4) is 0 Å². The molecule has 0 aliphatic heterocycles. The van der Waals surface area contributed by atoms with Gasteiger partial charge in [0.15, 0.2) is 0 Å². The molecule has 4 nitrogen and oxygen atoms in total. The number of nitrogens with one attached hydrogen (secondary N) is 1. The quantitative estimate of drug-likeness (QED) is 0.771. The van der Waals surface area contributed by atoms with E-state index in [4.69, 9.17) is 4.74 Å². The van der Waals surface area contributed by atoms with Crippen LogP contribution >= 0.6 is 0 Å². The molecule has 0 spiro atoms. The molecule has 1 N–H and O–H groups in total. The summed E-state index contributed by atoms with van der Waals surface area (Å²) < 4.78 is 5.45. The van der Waals surface area contributed by atoms with E-state index < -0.39 is 0 Å². The lowest BCUT2D eigenvalue weighted by Gasteiger charge is -2.41. The molecular weight excluding hydrogens is 298 g/mol. The van der Waals surface area contributed by atoms with Gasteiger partial charge in [-0.2, -0.15) is 0 Å². The van der Waals surface area contributed by atoms with Crippen LogP contribution in [0.15, 0.2) is 30.5 Å². The summed E-state index contributed by atoms with van der Waals surface area (Å²) in [5, 5.41) is 4.76. The highest BCUT2D eigenvalue weighted by Crippen LogP contribution is 2.30. The van der Waals surface area contributed by atoms with E-state index in [2.05, 4.69) is 56.0 Å². The SMILES string of the molecule is CCCCN(C)C(C)(C)C(C)Nc1cc(OC)cc2cccnc12. The van der Waals surface area contributed by atoms with Gasteiger partial charge in [0.25, 0.3) is 0 Å². The predicted octanol–water partition coefficient (Wildman–Crippen LogP) is 4.55. The third-order valence-electron chi connectivity index (χ3n) is 5.18. The number of rotatable bonds is 8. The summed E-state index contributed by atoms with van der Waals surface area (Å²) in [5.41, 5.74) is 2.03. The van der Waals surface area contributed by atoms with E-state index >= 15 is 0 Å². The van der Waals surface area contributed by atoms with Gasteiger partial charge in [-0.05, 0) is 52.9 Å². The highest BCUT2D eigenvalue weighted by molar-refractivity contribution is 5.92. The smallest absolute Gasteiger partial charge is 0.121 e. The highest BCUT2D eigenvalue weighted by atomic mass is 16.5. The number of anilines is 1. The molecule has 0 bridgehead atoms. The van der Waals surface area contributed by atoms with E-state index in [0.29, 0.717) is 0 Å². The molecule has 0 aliphatic carbocycles. The van der Waals surface area contributed by atoms with E-state index in [1.807, 2.05) is 24.4 Å². The summed E-state index contributed by atoms with van der Waals surface area (Å²) in [7, 11) is 3.91. The Morgan fingerprint density at radius 2 is 2.08 bits per heavy atom. The number of fused-ring (bicyclic) bond motifs is 1. The van der Waals surface area contributed by atoms with Crippen molar-refractivity contribution in [3.05, 3.63) is 30.5 Å². The molecule has 1 aromatic carbocycles. The Morgan fingerprint density at radius 3 is 2.75 bits per heavy atom. The van der Waals surface area contributed by atoms with Crippen LogP contribution < -0.4 is 10.1 Å². The third kappa shape index (κ3) is 3.99. The normalized spacial score (nSPS) is 13.3. The molecule has 1 unspecified atom stereocenters. The number of hydrogen-bond acceptors (Lipinski definition) is 4. The van der Waals surface area contributed by atoms with Gasteiger partial charge < -0.3 is 10.1 Å². The monoisotopic (exact) mass is 329 g/mol. The molecule has 2 aromatic rings. The maximum atomic E-state index is 5.45. The summed E-state index contributed by atoms with van der Waals surface area (Å²) in [5.74, 6) is 0.849. The Bertz CT molecular complexity index is 669. The van der Waals surface area contributed by atoms with E-state index in [-0.39, 0.29) is 11.6 Å². The Kier molecular flexibility index (Phi) is 6.05. The lowest BCUT2D eigenvalue weighted by molar-refractivity contribution is 0.137. The van der Waals surface area contributed by atoms with Gasteiger partial charge in [-0.25, -0.2) is 0 Å². The van der Waals surface area contributed by atoms with Gasteiger partial charge in [-0.3, -0.25) is 9.88 Å². The van der Waals surface area contributed by atoms with Gasteiger partial charge in [0.05, 0.1) is 18.3 Å². The Hall–Kier alpha value is -1.81. The van der Waals surface area contributed by atoms with Crippen molar-refractivity contribution in [2.45, 2.75) is 52.1 Å². The van der Waals surface area contributed by atoms with Crippen LogP contribution in [0.1, 0.15) is 40.5 Å². The fraction of sp³-hybridized carbons (Fsp3) is 0.550. The maximum absolute atomic E-state index is 5.45. The van der Waals surface area contributed by atoms with Crippen molar-refractivity contribution in [3.63, 3.8) is 0 Å². The molecule has 1 aromatic heterocycles. The molecule has 0 aliphatic rings. The molecule has 0 saturated carbocycles. The largest absolute Gasteiger partial charge is 0.497 e. The second-order valence-corrected chi connectivity index (χ2v) is 7.04. The van der Waals surface area contributed by atoms with Crippen LogP contribution in [0, 0.1) is 0 Å². The predicted molar refractivity (Wildman–Crippen MR) is 103 cm³/mol. The van der Waals surface area contributed by atoms with Crippen LogP contribution in [0.5, 0.6) is 5.75 Å². The average molecular weight is 329 g/mol. The maximum Gasteiger partial charge on any atom is 0.121 e. The molecule has 0 fully saturated rings. The minimum absolute atomic E-state index is 0.0271. The van der Waals surface area contributed by atoms with Crippen molar-refractivity contribution in [3.8, 4) is 5.75 Å². The Balaban J connectivity index is 2.27. The number of nitrogens with zero attached hydrogens (tertiary/aromatic N) is 2. The first-order chi connectivity index (χ1) is 11.4. The van der Waals surface area contributed by atoms with Crippen LogP contribution in [0.25, 0.3) is 10.9 Å². The Labute approximate surface area is 146 Å². The number of likely N-dealkylation sites (N-methyl/N-ethyl adjacent to an activating group) is 1. The molecular formula is C20H31N3O. The van der Waals surface area contributed by atoms with Gasteiger partial charge in [-0.15, -0.1) is 0 Å². The number of hydrogen-bond donors (Lipinski definition) is 1. The van der Waals surface area contributed by atoms with E-state index in [1.54, 1.807) is 7.11 Å². The topological polar surface area (TPSA) is 37.4 Å². The molecule has 24 heavy (non-hydrogen) atoms. The summed E-state index contributed by atoms with van der Waals surface area (Å²) >= 11 is 0. The first kappa shape index (κ1) is 18.5. The lowest BCUT2D eigenvalue weighted by Crippen LogP contribution is -2.52. The van der Waals surface area contributed by atoms with Crippen molar-refractivity contribution in [1.29, 1.82) is 0 Å². The van der Waals surface area contributed by atoms with Crippen molar-refractivity contribution in [2.75, 3.05) is 26.0 Å². The average Bonchev–Trinajstić information content (AvgIpc) is 2.59. The van der Waals surface area contributed by atoms with Crippen LogP contribution in [0.4, 0.5) is 5.69 Å². The van der Waals surface area contributed by atoms with E-state index in [9.17, 15) is 0 Å². The molecule has 1 heterocycles. The second-order valence-electron chi connectivity index (χ2n) is 7.04. The lowest BCUT2D eigenvalue weighted by atomic mass is 9.93. The molecule has 132 valence electrons. The summed E-state index contributed by atoms with van der Waals surface area (Å²) in [6.07, 6.45) is 4.27. The van der Waals surface area contributed by atoms with Crippen molar-refractivity contribution in [2.24, 2.45) is 0 Å². The van der Waals surface area contributed by atoms with Crippen LogP contribution in [0.2, 0.25) is 0 Å². The van der Waals surface area contributed by atoms with Gasteiger partial charge in [-0.1, -0.05) is 19.4 Å². The fourth-order valence-corrected chi connectivity index (χ4v) is 2.82. The number of ether oxygens (including phenoxy) is 1. The van der Waals surface area contributed by atoms with Crippen molar-refractivity contribution in [1.82, 2.24) is 9.88 Å². The van der Waals surface area contributed by atoms with Gasteiger partial charge in [0.1, 0.15) is 5.75 Å². The Morgan fingerprint density at radius 1 is 1.33 bits per heavy atom. The number of methoxy groups -OCH3 is 1. The zero-order chi connectivity index (χ0) is 17.7. The zero-order valence-electron chi connectivity index (χ0n) is 15.9. The summed E-state index contributed by atoms with van der Waals surface area (Å²) in [6.45, 7) is 10.1. The molecule has 1 atom stereocenters. The van der Waals surface area contributed by atoms with Crippen molar-refractivity contribution >= 4 is 16.6 Å². The molecule has 0 radical (unpaired) electrons. The second kappa shape index (κ2) is 7.84. The van der Waals surface area contributed by atoms with Gasteiger partial charge in [0, 0.05) is 29.2 Å².